The summed E-state index contributed by atoms with van der Waals surface area (Å²) in [5.74, 6) is 0.0163. The van der Waals surface area contributed by atoms with Crippen molar-refractivity contribution in [1.82, 2.24) is 0 Å². The molecule has 0 amide bonds. The SMILES string of the molecule is O=C1CC(c2ccccc2)[CH]O1. The van der Waals surface area contributed by atoms with Crippen LogP contribution in [0.25, 0.3) is 0 Å². The van der Waals surface area contributed by atoms with Crippen LogP contribution in [0.4, 0.5) is 0 Å². The largest absolute Gasteiger partial charge is 0.458 e. The maximum absolute atomic E-state index is 10.8. The first-order valence-electron chi connectivity index (χ1n) is 3.94. The Morgan fingerprint density at radius 3 is 2.58 bits per heavy atom. The number of benzene rings is 1. The van der Waals surface area contributed by atoms with Crippen LogP contribution in [0.15, 0.2) is 30.3 Å². The molecule has 12 heavy (non-hydrogen) atoms. The fourth-order valence-electron chi connectivity index (χ4n) is 1.33. The van der Waals surface area contributed by atoms with Gasteiger partial charge in [-0.2, -0.15) is 0 Å². The lowest BCUT2D eigenvalue weighted by atomic mass is 9.99. The molecule has 0 N–H and O–H groups in total. The summed E-state index contributed by atoms with van der Waals surface area (Å²) in [5.41, 5.74) is 1.14. The van der Waals surface area contributed by atoms with E-state index in [1.165, 1.54) is 0 Å². The van der Waals surface area contributed by atoms with E-state index >= 15 is 0 Å². The molecule has 1 atom stereocenters. The summed E-state index contributed by atoms with van der Waals surface area (Å²) >= 11 is 0. The zero-order valence-corrected chi connectivity index (χ0v) is 6.57. The molecule has 1 aliphatic heterocycles. The molecule has 2 nitrogen and oxygen atoms in total. The van der Waals surface area contributed by atoms with Crippen molar-refractivity contribution in [3.05, 3.63) is 42.5 Å². The Labute approximate surface area is 71.2 Å². The van der Waals surface area contributed by atoms with Crippen LogP contribution in [-0.2, 0) is 9.53 Å². The Morgan fingerprint density at radius 2 is 2.00 bits per heavy atom. The van der Waals surface area contributed by atoms with Crippen molar-refractivity contribution in [3.63, 3.8) is 0 Å². The summed E-state index contributed by atoms with van der Waals surface area (Å²) in [5, 5.41) is 0. The monoisotopic (exact) mass is 161 g/mol. The van der Waals surface area contributed by atoms with Gasteiger partial charge < -0.3 is 4.74 Å². The topological polar surface area (TPSA) is 26.3 Å². The summed E-state index contributed by atoms with van der Waals surface area (Å²) in [6.07, 6.45) is 0.476. The maximum Gasteiger partial charge on any atom is 0.306 e. The van der Waals surface area contributed by atoms with Gasteiger partial charge in [0.15, 0.2) is 0 Å². The van der Waals surface area contributed by atoms with Crippen molar-refractivity contribution in [2.24, 2.45) is 0 Å². The Kier molecular flexibility index (Phi) is 1.82. The van der Waals surface area contributed by atoms with Crippen LogP contribution in [-0.4, -0.2) is 5.97 Å². The van der Waals surface area contributed by atoms with E-state index in [0.29, 0.717) is 6.42 Å². The van der Waals surface area contributed by atoms with Gasteiger partial charge in [-0.1, -0.05) is 30.3 Å². The Balaban J connectivity index is 2.16. The molecule has 61 valence electrons. The second-order valence-electron chi connectivity index (χ2n) is 2.85. The number of carbonyl (C=O) groups excluding carboxylic acids is 1. The quantitative estimate of drug-likeness (QED) is 0.588. The standard InChI is InChI=1S/C10H9O2/c11-10-6-9(7-12-10)8-4-2-1-3-5-8/h1-5,7,9H,6H2. The van der Waals surface area contributed by atoms with Crippen LogP contribution >= 0.6 is 0 Å². The van der Waals surface area contributed by atoms with E-state index in [9.17, 15) is 4.79 Å². The van der Waals surface area contributed by atoms with Crippen molar-refractivity contribution in [3.8, 4) is 0 Å². The molecule has 1 fully saturated rings. The van der Waals surface area contributed by atoms with E-state index in [1.807, 2.05) is 30.3 Å². The zero-order chi connectivity index (χ0) is 8.39. The molecule has 2 heteroatoms. The molecule has 1 saturated heterocycles. The lowest BCUT2D eigenvalue weighted by Crippen LogP contribution is -1.93. The highest BCUT2D eigenvalue weighted by molar-refractivity contribution is 5.73. The second-order valence-corrected chi connectivity index (χ2v) is 2.85. The smallest absolute Gasteiger partial charge is 0.306 e. The molecule has 1 unspecified atom stereocenters. The number of hydrogen-bond donors (Lipinski definition) is 0. The minimum absolute atomic E-state index is 0.135. The predicted molar refractivity (Wildman–Crippen MR) is 44.2 cm³/mol. The van der Waals surface area contributed by atoms with Gasteiger partial charge in [-0.05, 0) is 5.56 Å². The zero-order valence-electron chi connectivity index (χ0n) is 6.57. The summed E-state index contributed by atoms with van der Waals surface area (Å²) in [6.45, 7) is 1.61. The van der Waals surface area contributed by atoms with Crippen LogP contribution in [0.1, 0.15) is 17.9 Å². The van der Waals surface area contributed by atoms with E-state index < -0.39 is 0 Å². The van der Waals surface area contributed by atoms with Crippen molar-refractivity contribution in [1.29, 1.82) is 0 Å². The van der Waals surface area contributed by atoms with Crippen LogP contribution in [0.2, 0.25) is 0 Å². The fourth-order valence-corrected chi connectivity index (χ4v) is 1.33. The number of esters is 1. The normalized spacial score (nSPS) is 22.3. The summed E-state index contributed by atoms with van der Waals surface area (Å²) in [6, 6.07) is 9.89. The van der Waals surface area contributed by atoms with Gasteiger partial charge in [-0.3, -0.25) is 4.79 Å². The van der Waals surface area contributed by atoms with Crippen LogP contribution in [0, 0.1) is 6.61 Å². The molecule has 0 saturated carbocycles. The third-order valence-corrected chi connectivity index (χ3v) is 1.98. The highest BCUT2D eigenvalue weighted by Crippen LogP contribution is 2.28. The van der Waals surface area contributed by atoms with Crippen molar-refractivity contribution in [2.75, 3.05) is 0 Å². The molecule has 1 aromatic rings. The van der Waals surface area contributed by atoms with Crippen molar-refractivity contribution >= 4 is 5.97 Å². The van der Waals surface area contributed by atoms with E-state index in [0.717, 1.165) is 5.56 Å². The Bertz CT molecular complexity index is 279. The molecule has 1 aliphatic rings. The molecule has 2 rings (SSSR count). The third-order valence-electron chi connectivity index (χ3n) is 1.98. The number of ether oxygens (including phenoxy) is 1. The molecule has 0 bridgehead atoms. The van der Waals surface area contributed by atoms with Crippen LogP contribution in [0.3, 0.4) is 0 Å². The lowest BCUT2D eigenvalue weighted by molar-refractivity contribution is -0.135. The molecular formula is C10H9O2. The number of hydrogen-bond acceptors (Lipinski definition) is 2. The molecule has 1 heterocycles. The third kappa shape index (κ3) is 1.33. The highest BCUT2D eigenvalue weighted by Gasteiger charge is 2.25. The number of rotatable bonds is 1. The van der Waals surface area contributed by atoms with E-state index in [1.54, 1.807) is 6.61 Å². The number of cyclic esters (lactones) is 1. The van der Waals surface area contributed by atoms with Gasteiger partial charge in [0, 0.05) is 5.92 Å². The average molecular weight is 161 g/mol. The first kappa shape index (κ1) is 7.35. The summed E-state index contributed by atoms with van der Waals surface area (Å²) < 4.78 is 4.76. The van der Waals surface area contributed by atoms with E-state index in [2.05, 4.69) is 0 Å². The van der Waals surface area contributed by atoms with E-state index in [4.69, 9.17) is 4.74 Å². The Morgan fingerprint density at radius 1 is 1.25 bits per heavy atom. The fraction of sp³-hybridized carbons (Fsp3) is 0.200. The van der Waals surface area contributed by atoms with Crippen LogP contribution < -0.4 is 0 Å². The van der Waals surface area contributed by atoms with Gasteiger partial charge in [-0.25, -0.2) is 0 Å². The lowest BCUT2D eigenvalue weighted by Gasteiger charge is -2.03. The first-order valence-corrected chi connectivity index (χ1v) is 3.94. The van der Waals surface area contributed by atoms with Gasteiger partial charge in [0.1, 0.15) is 6.61 Å². The molecule has 0 aromatic heterocycles. The van der Waals surface area contributed by atoms with Gasteiger partial charge >= 0.3 is 5.97 Å². The summed E-state index contributed by atoms with van der Waals surface area (Å²) in [4.78, 5) is 10.8. The molecule has 0 aliphatic carbocycles. The Hall–Kier alpha value is -1.31. The molecule has 1 radical (unpaired) electrons. The van der Waals surface area contributed by atoms with Crippen molar-refractivity contribution in [2.45, 2.75) is 12.3 Å². The number of carbonyl (C=O) groups is 1. The molecular weight excluding hydrogens is 152 g/mol. The van der Waals surface area contributed by atoms with E-state index in [-0.39, 0.29) is 11.9 Å². The molecule has 1 aromatic carbocycles. The average Bonchev–Trinajstić information content (AvgIpc) is 2.54. The minimum atomic E-state index is -0.135. The van der Waals surface area contributed by atoms with Gasteiger partial charge in [0.25, 0.3) is 0 Å². The predicted octanol–water partition coefficient (Wildman–Crippen LogP) is 1.88. The van der Waals surface area contributed by atoms with Crippen LogP contribution in [0.5, 0.6) is 0 Å². The van der Waals surface area contributed by atoms with Gasteiger partial charge in [0.2, 0.25) is 0 Å². The second kappa shape index (κ2) is 2.97. The summed E-state index contributed by atoms with van der Waals surface area (Å²) in [7, 11) is 0. The molecule has 0 spiro atoms. The van der Waals surface area contributed by atoms with Gasteiger partial charge in [0.05, 0.1) is 6.42 Å². The highest BCUT2D eigenvalue weighted by atomic mass is 16.5. The minimum Gasteiger partial charge on any atom is -0.458 e. The van der Waals surface area contributed by atoms with Crippen molar-refractivity contribution < 1.29 is 9.53 Å². The maximum atomic E-state index is 10.8. The first-order chi connectivity index (χ1) is 5.86. The van der Waals surface area contributed by atoms with Gasteiger partial charge in [-0.15, -0.1) is 0 Å².